The summed E-state index contributed by atoms with van der Waals surface area (Å²) in [6, 6.07) is 5.82. The molecule has 0 saturated heterocycles. The highest BCUT2D eigenvalue weighted by molar-refractivity contribution is 6.32. The lowest BCUT2D eigenvalue weighted by atomic mass is 9.95. The molecule has 1 aromatic rings. The molecule has 1 N–H and O–H groups in total. The quantitative estimate of drug-likeness (QED) is 0.854. The standard InChI is InChI=1S/C13H20ClNO/c1-10-5-6-11(14)12(7-10)16-9-13(2,3)8-15-4/h5-7,15H,8-9H2,1-4H3. The number of hydrogen-bond acceptors (Lipinski definition) is 2. The van der Waals surface area contributed by atoms with Crippen molar-refractivity contribution in [1.29, 1.82) is 0 Å². The molecule has 0 atom stereocenters. The fourth-order valence-corrected chi connectivity index (χ4v) is 1.70. The van der Waals surface area contributed by atoms with Crippen LogP contribution in [0, 0.1) is 12.3 Å². The number of nitrogens with one attached hydrogen (secondary N) is 1. The van der Waals surface area contributed by atoms with Crippen molar-refractivity contribution in [3.8, 4) is 5.75 Å². The molecule has 0 radical (unpaired) electrons. The topological polar surface area (TPSA) is 21.3 Å². The summed E-state index contributed by atoms with van der Waals surface area (Å²) in [6.07, 6.45) is 0. The first kappa shape index (κ1) is 13.3. The van der Waals surface area contributed by atoms with Gasteiger partial charge in [0.2, 0.25) is 0 Å². The van der Waals surface area contributed by atoms with Crippen LogP contribution in [0.3, 0.4) is 0 Å². The van der Waals surface area contributed by atoms with E-state index in [-0.39, 0.29) is 5.41 Å². The smallest absolute Gasteiger partial charge is 0.138 e. The van der Waals surface area contributed by atoms with Crippen molar-refractivity contribution in [2.75, 3.05) is 20.2 Å². The number of benzene rings is 1. The highest BCUT2D eigenvalue weighted by Gasteiger charge is 2.18. The van der Waals surface area contributed by atoms with E-state index in [9.17, 15) is 0 Å². The third-order valence-corrected chi connectivity index (χ3v) is 2.67. The summed E-state index contributed by atoms with van der Waals surface area (Å²) in [5.74, 6) is 0.769. The van der Waals surface area contributed by atoms with Gasteiger partial charge in [0.1, 0.15) is 5.75 Å². The molecule has 0 aromatic heterocycles. The van der Waals surface area contributed by atoms with E-state index in [4.69, 9.17) is 16.3 Å². The normalized spacial score (nSPS) is 11.6. The van der Waals surface area contributed by atoms with Gasteiger partial charge in [-0.2, -0.15) is 0 Å². The highest BCUT2D eigenvalue weighted by Crippen LogP contribution is 2.27. The zero-order chi connectivity index (χ0) is 12.2. The molecule has 0 fully saturated rings. The molecule has 1 rings (SSSR count). The fourth-order valence-electron chi connectivity index (χ4n) is 1.52. The molecule has 0 amide bonds. The highest BCUT2D eigenvalue weighted by atomic mass is 35.5. The minimum atomic E-state index is 0.0990. The summed E-state index contributed by atoms with van der Waals surface area (Å²) in [4.78, 5) is 0. The molecule has 0 unspecified atom stereocenters. The largest absolute Gasteiger partial charge is 0.491 e. The fraction of sp³-hybridized carbons (Fsp3) is 0.538. The Hall–Kier alpha value is -0.730. The molecule has 16 heavy (non-hydrogen) atoms. The van der Waals surface area contributed by atoms with Gasteiger partial charge in [-0.15, -0.1) is 0 Å². The first-order valence-corrected chi connectivity index (χ1v) is 5.86. The van der Waals surface area contributed by atoms with Crippen LogP contribution in [0.5, 0.6) is 5.75 Å². The van der Waals surface area contributed by atoms with Crippen LogP contribution >= 0.6 is 11.6 Å². The first-order valence-electron chi connectivity index (χ1n) is 5.48. The average molecular weight is 242 g/mol. The second kappa shape index (κ2) is 5.55. The first-order chi connectivity index (χ1) is 7.44. The van der Waals surface area contributed by atoms with E-state index in [0.29, 0.717) is 11.6 Å². The Balaban J connectivity index is 2.63. The van der Waals surface area contributed by atoms with Gasteiger partial charge in [0.05, 0.1) is 11.6 Å². The van der Waals surface area contributed by atoms with E-state index in [1.807, 2.05) is 32.2 Å². The van der Waals surface area contributed by atoms with Crippen molar-refractivity contribution in [1.82, 2.24) is 5.32 Å². The van der Waals surface area contributed by atoms with Crippen LogP contribution in [0.1, 0.15) is 19.4 Å². The molecule has 1 aromatic carbocycles. The van der Waals surface area contributed by atoms with Crippen LogP contribution in [0.4, 0.5) is 0 Å². The van der Waals surface area contributed by atoms with Gasteiger partial charge in [0.25, 0.3) is 0 Å². The van der Waals surface area contributed by atoms with Crippen molar-refractivity contribution in [2.45, 2.75) is 20.8 Å². The Labute approximate surface area is 103 Å². The molecule has 0 heterocycles. The van der Waals surface area contributed by atoms with Gasteiger partial charge in [-0.3, -0.25) is 0 Å². The molecular weight excluding hydrogens is 222 g/mol. The Morgan fingerprint density at radius 1 is 1.38 bits per heavy atom. The van der Waals surface area contributed by atoms with E-state index in [0.717, 1.165) is 17.9 Å². The average Bonchev–Trinajstić information content (AvgIpc) is 2.19. The number of ether oxygens (including phenoxy) is 1. The van der Waals surface area contributed by atoms with Gasteiger partial charge in [0.15, 0.2) is 0 Å². The minimum absolute atomic E-state index is 0.0990. The minimum Gasteiger partial charge on any atom is -0.491 e. The van der Waals surface area contributed by atoms with Crippen LogP contribution in [-0.2, 0) is 0 Å². The molecule has 2 nitrogen and oxygen atoms in total. The van der Waals surface area contributed by atoms with E-state index >= 15 is 0 Å². The van der Waals surface area contributed by atoms with Gasteiger partial charge < -0.3 is 10.1 Å². The van der Waals surface area contributed by atoms with E-state index in [1.165, 1.54) is 0 Å². The van der Waals surface area contributed by atoms with Crippen molar-refractivity contribution >= 4 is 11.6 Å². The van der Waals surface area contributed by atoms with Crippen LogP contribution in [-0.4, -0.2) is 20.2 Å². The van der Waals surface area contributed by atoms with Crippen LogP contribution in [0.2, 0.25) is 5.02 Å². The third-order valence-electron chi connectivity index (χ3n) is 2.36. The summed E-state index contributed by atoms with van der Waals surface area (Å²) in [7, 11) is 1.95. The van der Waals surface area contributed by atoms with Gasteiger partial charge in [-0.1, -0.05) is 31.5 Å². The van der Waals surface area contributed by atoms with Crippen molar-refractivity contribution < 1.29 is 4.74 Å². The summed E-state index contributed by atoms with van der Waals surface area (Å²) in [5, 5.41) is 3.83. The van der Waals surface area contributed by atoms with Crippen LogP contribution in [0.15, 0.2) is 18.2 Å². The number of halogens is 1. The number of rotatable bonds is 5. The Morgan fingerprint density at radius 3 is 2.69 bits per heavy atom. The molecule has 0 spiro atoms. The third kappa shape index (κ3) is 4.03. The Kier molecular flexibility index (Phi) is 4.63. The van der Waals surface area contributed by atoms with Crippen molar-refractivity contribution in [3.63, 3.8) is 0 Å². The monoisotopic (exact) mass is 241 g/mol. The Bertz CT molecular complexity index is 350. The van der Waals surface area contributed by atoms with E-state index < -0.39 is 0 Å². The molecule has 0 aliphatic heterocycles. The molecule has 0 saturated carbocycles. The number of aryl methyl sites for hydroxylation is 1. The summed E-state index contributed by atoms with van der Waals surface area (Å²) >= 11 is 6.06. The molecular formula is C13H20ClNO. The Morgan fingerprint density at radius 2 is 2.06 bits per heavy atom. The number of hydrogen-bond donors (Lipinski definition) is 1. The maximum atomic E-state index is 6.06. The predicted octanol–water partition coefficient (Wildman–Crippen LogP) is 3.27. The lowest BCUT2D eigenvalue weighted by Gasteiger charge is -2.24. The molecule has 3 heteroatoms. The maximum absolute atomic E-state index is 6.06. The molecule has 0 aliphatic carbocycles. The van der Waals surface area contributed by atoms with Crippen LogP contribution in [0.25, 0.3) is 0 Å². The maximum Gasteiger partial charge on any atom is 0.138 e. The molecule has 90 valence electrons. The second-order valence-corrected chi connectivity index (χ2v) is 5.32. The SMILES string of the molecule is CNCC(C)(C)COc1cc(C)ccc1Cl. The second-order valence-electron chi connectivity index (χ2n) is 4.92. The van der Waals surface area contributed by atoms with Gasteiger partial charge in [-0.05, 0) is 31.7 Å². The lowest BCUT2D eigenvalue weighted by molar-refractivity contribution is 0.179. The van der Waals surface area contributed by atoms with Gasteiger partial charge in [-0.25, -0.2) is 0 Å². The summed E-state index contributed by atoms with van der Waals surface area (Å²) in [6.45, 7) is 7.91. The van der Waals surface area contributed by atoms with Gasteiger partial charge in [0, 0.05) is 12.0 Å². The summed E-state index contributed by atoms with van der Waals surface area (Å²) < 4.78 is 5.76. The van der Waals surface area contributed by atoms with Gasteiger partial charge >= 0.3 is 0 Å². The van der Waals surface area contributed by atoms with Crippen LogP contribution < -0.4 is 10.1 Å². The summed E-state index contributed by atoms with van der Waals surface area (Å²) in [5.41, 5.74) is 1.26. The predicted molar refractivity (Wildman–Crippen MR) is 69.4 cm³/mol. The van der Waals surface area contributed by atoms with E-state index in [1.54, 1.807) is 0 Å². The molecule has 0 bridgehead atoms. The zero-order valence-electron chi connectivity index (χ0n) is 10.4. The van der Waals surface area contributed by atoms with Crippen molar-refractivity contribution in [3.05, 3.63) is 28.8 Å². The zero-order valence-corrected chi connectivity index (χ0v) is 11.2. The van der Waals surface area contributed by atoms with Crippen molar-refractivity contribution in [2.24, 2.45) is 5.41 Å². The molecule has 0 aliphatic rings. The lowest BCUT2D eigenvalue weighted by Crippen LogP contribution is -2.32. The van der Waals surface area contributed by atoms with E-state index in [2.05, 4.69) is 19.2 Å².